The van der Waals surface area contributed by atoms with Gasteiger partial charge in [0.15, 0.2) is 0 Å². The molecule has 0 amide bonds. The molecule has 2 aliphatic carbocycles. The minimum atomic E-state index is -1.31. The number of allylic oxidation sites excluding steroid dienone is 2. The number of fused-ring (bicyclic) bond motifs is 2. The molecular weight excluding hydrogens is 899 g/mol. The van der Waals surface area contributed by atoms with Crippen molar-refractivity contribution in [3.63, 3.8) is 0 Å². The molecule has 0 spiro atoms. The maximum absolute atomic E-state index is 2.58. The zero-order valence-electron chi connectivity index (χ0n) is 34.7. The Labute approximate surface area is 393 Å². The van der Waals surface area contributed by atoms with Gasteiger partial charge < -0.3 is 24.8 Å². The summed E-state index contributed by atoms with van der Waals surface area (Å²) >= 11 is 2.60. The van der Waals surface area contributed by atoms with E-state index in [9.17, 15) is 0 Å². The molecule has 0 radical (unpaired) electrons. The SMILES string of the molecule is CC(C)c1ccc(-c2cccc3c2C=C(c2ccc(-c4ccccc4)s2)[CH]3[Zr+2][CH]2C(c3ccc(-c4ccccc4)s3)=Cc3c(-c4ccc(C(C)C)cc4)cccc32)cc1.[Cl-].[Cl-]. The Bertz CT molecular complexity index is 2650. The minimum absolute atomic E-state index is 0. The van der Waals surface area contributed by atoms with Crippen LogP contribution in [0.2, 0.25) is 0 Å². The van der Waals surface area contributed by atoms with Crippen molar-refractivity contribution in [1.82, 2.24) is 0 Å². The summed E-state index contributed by atoms with van der Waals surface area (Å²) < 4.78 is 0.792. The van der Waals surface area contributed by atoms with Crippen molar-refractivity contribution in [3.8, 4) is 43.1 Å². The van der Waals surface area contributed by atoms with Crippen LogP contribution < -0.4 is 24.8 Å². The standard InChI is InChI=1S/2C28H23S.2ClH.Zr/c2*1-19(2)20-11-13-21(14-12-20)25-10-6-9-23-17-24(18-26(23)25)28-16-15-27(29-28)22-7-4-3-5-8-22;;;/h2*3-19H,1-2H3;2*1H;/q;;;;+2/p-2. The molecule has 0 bridgehead atoms. The maximum atomic E-state index is 2.58. The molecule has 0 nitrogen and oxygen atoms in total. The second kappa shape index (κ2) is 18.6. The number of halogens is 2. The fraction of sp³-hybridized carbons (Fsp3) is 0.143. The van der Waals surface area contributed by atoms with Gasteiger partial charge in [0.05, 0.1) is 0 Å². The summed E-state index contributed by atoms with van der Waals surface area (Å²) in [5.41, 5.74) is 19.5. The molecule has 0 saturated carbocycles. The summed E-state index contributed by atoms with van der Waals surface area (Å²) in [6.45, 7) is 9.11. The van der Waals surface area contributed by atoms with Crippen molar-refractivity contribution in [1.29, 1.82) is 0 Å². The van der Waals surface area contributed by atoms with E-state index in [1.165, 1.54) is 97.4 Å². The van der Waals surface area contributed by atoms with E-state index in [2.05, 4.69) is 210 Å². The summed E-state index contributed by atoms with van der Waals surface area (Å²) in [5, 5.41) is 0. The molecule has 2 atom stereocenters. The first kappa shape index (κ1) is 43.3. The Morgan fingerprint density at radius 3 is 1.13 bits per heavy atom. The van der Waals surface area contributed by atoms with E-state index in [4.69, 9.17) is 0 Å². The average Bonchev–Trinajstić information content (AvgIpc) is 4.10. The van der Waals surface area contributed by atoms with E-state index in [0.717, 1.165) is 0 Å². The van der Waals surface area contributed by atoms with E-state index < -0.39 is 23.2 Å². The van der Waals surface area contributed by atoms with Gasteiger partial charge in [0.1, 0.15) is 0 Å². The largest absolute Gasteiger partial charge is 1.00 e. The van der Waals surface area contributed by atoms with E-state index in [1.807, 2.05) is 22.7 Å². The summed E-state index contributed by atoms with van der Waals surface area (Å²) in [6, 6.07) is 64.2. The molecule has 0 aliphatic heterocycles. The fourth-order valence-electron chi connectivity index (χ4n) is 8.86. The molecule has 0 saturated heterocycles. The van der Waals surface area contributed by atoms with Crippen molar-refractivity contribution < 1.29 is 48.0 Å². The van der Waals surface area contributed by atoms with Gasteiger partial charge in [-0.3, -0.25) is 0 Å². The molecule has 5 heteroatoms. The second-order valence-corrected chi connectivity index (χ2v) is 22.3. The normalized spacial score (nSPS) is 15.0. The van der Waals surface area contributed by atoms with Gasteiger partial charge in [-0.05, 0) is 0 Å². The topological polar surface area (TPSA) is 0 Å². The summed E-state index contributed by atoms with van der Waals surface area (Å²) in [4.78, 5) is 5.46. The van der Waals surface area contributed by atoms with Crippen LogP contribution in [0.4, 0.5) is 0 Å². The zero-order chi connectivity index (χ0) is 40.0. The molecule has 10 rings (SSSR count). The Morgan fingerprint density at radius 2 is 0.754 bits per heavy atom. The third-order valence-electron chi connectivity index (χ3n) is 12.1. The molecule has 2 unspecified atom stereocenters. The van der Waals surface area contributed by atoms with Crippen molar-refractivity contribution >= 4 is 46.0 Å². The van der Waals surface area contributed by atoms with Crippen molar-refractivity contribution in [2.45, 2.75) is 46.8 Å². The summed E-state index contributed by atoms with van der Waals surface area (Å²) in [7, 11) is 0. The Kier molecular flexibility index (Phi) is 13.2. The van der Waals surface area contributed by atoms with Crippen LogP contribution in [0.15, 0.2) is 170 Å². The van der Waals surface area contributed by atoms with Crippen LogP contribution in [-0.4, -0.2) is 0 Å². The smallest absolute Gasteiger partial charge is 1.00 e. The average molecular weight is 945 g/mol. The van der Waals surface area contributed by atoms with Crippen molar-refractivity contribution in [2.24, 2.45) is 0 Å². The monoisotopic (exact) mass is 942 g/mol. The molecule has 300 valence electrons. The van der Waals surface area contributed by atoms with E-state index >= 15 is 0 Å². The number of thiophene rings is 2. The van der Waals surface area contributed by atoms with Gasteiger partial charge >= 0.3 is 372 Å². The van der Waals surface area contributed by atoms with Crippen LogP contribution in [-0.2, 0) is 23.2 Å². The van der Waals surface area contributed by atoms with E-state index in [-0.39, 0.29) is 24.8 Å². The van der Waals surface area contributed by atoms with Crippen LogP contribution in [0.1, 0.15) is 89.9 Å². The molecule has 6 aromatic carbocycles. The summed E-state index contributed by atoms with van der Waals surface area (Å²) in [6.07, 6.45) is 5.16. The summed E-state index contributed by atoms with van der Waals surface area (Å²) in [5.74, 6) is 1.02. The van der Waals surface area contributed by atoms with Crippen LogP contribution in [0.25, 0.3) is 66.4 Å². The van der Waals surface area contributed by atoms with Gasteiger partial charge in [-0.15, -0.1) is 0 Å². The third kappa shape index (κ3) is 8.46. The molecule has 2 aromatic heterocycles. The van der Waals surface area contributed by atoms with Gasteiger partial charge in [-0.1, -0.05) is 0 Å². The van der Waals surface area contributed by atoms with Gasteiger partial charge in [-0.2, -0.15) is 0 Å². The van der Waals surface area contributed by atoms with Crippen LogP contribution in [0.5, 0.6) is 0 Å². The van der Waals surface area contributed by atoms with Gasteiger partial charge in [-0.25, -0.2) is 0 Å². The molecule has 8 aromatic rings. The molecule has 61 heavy (non-hydrogen) atoms. The van der Waals surface area contributed by atoms with Crippen LogP contribution in [0.3, 0.4) is 0 Å². The Morgan fingerprint density at radius 1 is 0.377 bits per heavy atom. The number of benzene rings is 6. The molecule has 0 N–H and O–H groups in total. The van der Waals surface area contributed by atoms with E-state index in [1.54, 1.807) is 0 Å². The number of hydrogen-bond acceptors (Lipinski definition) is 2. The minimum Gasteiger partial charge on any atom is -1.00 e. The number of hydrogen-bond donors (Lipinski definition) is 0. The number of rotatable bonds is 10. The quantitative estimate of drug-likeness (QED) is 0.128. The first-order valence-corrected chi connectivity index (χ1v) is 25.3. The molecular formula is C56H46Cl2S2Zr. The molecule has 2 aliphatic rings. The first-order valence-electron chi connectivity index (χ1n) is 20.9. The van der Waals surface area contributed by atoms with Gasteiger partial charge in [0.25, 0.3) is 0 Å². The van der Waals surface area contributed by atoms with Gasteiger partial charge in [0.2, 0.25) is 0 Å². The van der Waals surface area contributed by atoms with Gasteiger partial charge in [0, 0.05) is 0 Å². The Hall–Kier alpha value is -4.34. The van der Waals surface area contributed by atoms with Crippen molar-refractivity contribution in [2.75, 3.05) is 0 Å². The van der Waals surface area contributed by atoms with Crippen LogP contribution in [0, 0.1) is 0 Å². The molecule has 2 heterocycles. The molecule has 0 fully saturated rings. The van der Waals surface area contributed by atoms with E-state index in [0.29, 0.717) is 19.1 Å². The predicted molar refractivity (Wildman–Crippen MR) is 253 cm³/mol. The first-order chi connectivity index (χ1) is 28.9. The maximum Gasteiger partial charge on any atom is -1.00 e. The Balaban J connectivity index is 0.00000257. The zero-order valence-corrected chi connectivity index (χ0v) is 40.3. The predicted octanol–water partition coefficient (Wildman–Crippen LogP) is 10.7. The second-order valence-electron chi connectivity index (χ2n) is 16.5. The van der Waals surface area contributed by atoms with Crippen molar-refractivity contribution in [3.05, 3.63) is 213 Å². The van der Waals surface area contributed by atoms with Crippen LogP contribution >= 0.6 is 22.7 Å². The fourth-order valence-corrected chi connectivity index (χ4v) is 16.5. The third-order valence-corrected chi connectivity index (χ3v) is 19.2.